The molecule has 8 nitrogen and oxygen atoms in total. The molecule has 0 amide bonds. The zero-order valence-electron chi connectivity index (χ0n) is 21.0. The standard InChI is InChI=1S/C29H17ClF3N5O3/c30-20-3-2-15(12-34)8-19(20)18-11-23-25(27-17(18)4-7-41-27)28(39)38(14-24-35-5-1-6-36-24)29(40)37(23)13-16-9-21(31)26(33)22(32)10-16/h1-3,5-6,8-11H,4,7,13-14H2. The fraction of sp³-hybridized carbons (Fsp3) is 0.138. The second kappa shape index (κ2) is 10.2. The maximum atomic E-state index is 14.1. The van der Waals surface area contributed by atoms with E-state index < -0.39 is 35.2 Å². The van der Waals surface area contributed by atoms with Gasteiger partial charge in [0.15, 0.2) is 17.5 Å². The van der Waals surface area contributed by atoms with Crippen molar-refractivity contribution < 1.29 is 17.9 Å². The van der Waals surface area contributed by atoms with Crippen molar-refractivity contribution >= 4 is 22.5 Å². The summed E-state index contributed by atoms with van der Waals surface area (Å²) in [5.41, 5.74) is 0.549. The second-order valence-electron chi connectivity index (χ2n) is 9.33. The van der Waals surface area contributed by atoms with Crippen molar-refractivity contribution in [2.45, 2.75) is 19.5 Å². The van der Waals surface area contributed by atoms with E-state index in [2.05, 4.69) is 16.0 Å². The largest absolute Gasteiger partial charge is 0.492 e. The van der Waals surface area contributed by atoms with Gasteiger partial charge in [0.1, 0.15) is 17.0 Å². The molecule has 0 aliphatic carbocycles. The van der Waals surface area contributed by atoms with Gasteiger partial charge in [-0.15, -0.1) is 0 Å². The van der Waals surface area contributed by atoms with Crippen molar-refractivity contribution in [3.8, 4) is 22.9 Å². The number of hydrogen-bond acceptors (Lipinski definition) is 6. The van der Waals surface area contributed by atoms with Crippen molar-refractivity contribution in [1.82, 2.24) is 19.1 Å². The zero-order valence-corrected chi connectivity index (χ0v) is 21.8. The minimum Gasteiger partial charge on any atom is -0.492 e. The number of benzene rings is 3. The van der Waals surface area contributed by atoms with E-state index in [1.807, 2.05) is 0 Å². The highest BCUT2D eigenvalue weighted by Crippen LogP contribution is 2.42. The van der Waals surface area contributed by atoms with Crippen LogP contribution in [0.15, 0.2) is 64.4 Å². The first-order chi connectivity index (χ1) is 19.8. The molecule has 0 saturated carbocycles. The van der Waals surface area contributed by atoms with Crippen LogP contribution in [0.25, 0.3) is 22.0 Å². The number of hydrogen-bond donors (Lipinski definition) is 0. The number of nitrogens with zero attached hydrogens (tertiary/aromatic N) is 5. The molecule has 6 rings (SSSR count). The van der Waals surface area contributed by atoms with E-state index in [0.717, 1.165) is 21.3 Å². The number of nitriles is 1. The van der Waals surface area contributed by atoms with Crippen LogP contribution in [0.5, 0.6) is 5.75 Å². The van der Waals surface area contributed by atoms with E-state index in [4.69, 9.17) is 16.3 Å². The van der Waals surface area contributed by atoms with Gasteiger partial charge in [-0.3, -0.25) is 13.9 Å². The zero-order chi connectivity index (χ0) is 28.8. The topological polar surface area (TPSA) is 103 Å². The maximum Gasteiger partial charge on any atom is 0.332 e. The van der Waals surface area contributed by atoms with Gasteiger partial charge in [0.05, 0.1) is 36.8 Å². The van der Waals surface area contributed by atoms with Gasteiger partial charge in [0, 0.05) is 35.0 Å². The molecule has 0 radical (unpaired) electrons. The van der Waals surface area contributed by atoms with Crippen LogP contribution in [-0.2, 0) is 19.5 Å². The summed E-state index contributed by atoms with van der Waals surface area (Å²) in [6.07, 6.45) is 3.34. The number of aromatic nitrogens is 4. The lowest BCUT2D eigenvalue weighted by molar-refractivity contribution is 0.359. The van der Waals surface area contributed by atoms with Crippen LogP contribution in [-0.4, -0.2) is 25.7 Å². The third-order valence-electron chi connectivity index (χ3n) is 6.86. The summed E-state index contributed by atoms with van der Waals surface area (Å²) in [7, 11) is 0. The monoisotopic (exact) mass is 575 g/mol. The molecule has 41 heavy (non-hydrogen) atoms. The van der Waals surface area contributed by atoms with Crippen molar-refractivity contribution in [3.05, 3.63) is 121 Å². The van der Waals surface area contributed by atoms with Gasteiger partial charge in [-0.2, -0.15) is 5.26 Å². The fourth-order valence-corrected chi connectivity index (χ4v) is 5.23. The molecule has 0 fully saturated rings. The summed E-state index contributed by atoms with van der Waals surface area (Å²) in [4.78, 5) is 35.9. The van der Waals surface area contributed by atoms with Crippen LogP contribution in [0.3, 0.4) is 0 Å². The molecular formula is C29H17ClF3N5O3. The predicted molar refractivity (Wildman–Crippen MR) is 143 cm³/mol. The quantitative estimate of drug-likeness (QED) is 0.284. The minimum absolute atomic E-state index is 0.0570. The van der Waals surface area contributed by atoms with Crippen molar-refractivity contribution in [1.29, 1.82) is 5.26 Å². The molecule has 0 bridgehead atoms. The van der Waals surface area contributed by atoms with Gasteiger partial charge in [-0.1, -0.05) is 11.6 Å². The van der Waals surface area contributed by atoms with E-state index in [1.54, 1.807) is 30.3 Å². The molecule has 1 aliphatic heterocycles. The van der Waals surface area contributed by atoms with Gasteiger partial charge in [0.2, 0.25) is 0 Å². The minimum atomic E-state index is -1.64. The van der Waals surface area contributed by atoms with Gasteiger partial charge in [-0.25, -0.2) is 27.9 Å². The van der Waals surface area contributed by atoms with E-state index in [9.17, 15) is 28.0 Å². The Balaban J connectivity index is 1.69. The first-order valence-corrected chi connectivity index (χ1v) is 12.7. The summed E-state index contributed by atoms with van der Waals surface area (Å²) >= 11 is 6.52. The molecule has 0 unspecified atom stereocenters. The molecular weight excluding hydrogens is 559 g/mol. The molecule has 2 aromatic heterocycles. The summed E-state index contributed by atoms with van der Waals surface area (Å²) < 4.78 is 50.0. The lowest BCUT2D eigenvalue weighted by Crippen LogP contribution is -2.41. The van der Waals surface area contributed by atoms with Gasteiger partial charge in [0.25, 0.3) is 5.56 Å². The predicted octanol–water partition coefficient (Wildman–Crippen LogP) is 4.59. The van der Waals surface area contributed by atoms with Crippen LogP contribution in [0.4, 0.5) is 13.2 Å². The Kier molecular flexibility index (Phi) is 6.55. The number of halogens is 4. The van der Waals surface area contributed by atoms with Crippen LogP contribution in [0.2, 0.25) is 5.02 Å². The van der Waals surface area contributed by atoms with Crippen molar-refractivity contribution in [2.75, 3.05) is 6.61 Å². The number of fused-ring (bicyclic) bond motifs is 3. The highest BCUT2D eigenvalue weighted by molar-refractivity contribution is 6.33. The molecule has 0 spiro atoms. The molecule has 0 saturated heterocycles. The first kappa shape index (κ1) is 26.3. The Morgan fingerprint density at radius 3 is 2.41 bits per heavy atom. The Hall–Kier alpha value is -4.95. The van der Waals surface area contributed by atoms with Crippen molar-refractivity contribution in [2.24, 2.45) is 0 Å². The summed E-state index contributed by atoms with van der Waals surface area (Å²) in [6.45, 7) is -0.456. The number of ether oxygens (including phenoxy) is 1. The van der Waals surface area contributed by atoms with Gasteiger partial charge < -0.3 is 4.74 Å². The lowest BCUT2D eigenvalue weighted by Gasteiger charge is -2.18. The van der Waals surface area contributed by atoms with Gasteiger partial charge in [-0.05, 0) is 53.6 Å². The van der Waals surface area contributed by atoms with Crippen LogP contribution in [0.1, 0.15) is 22.5 Å². The first-order valence-electron chi connectivity index (χ1n) is 12.3. The smallest absolute Gasteiger partial charge is 0.332 e. The van der Waals surface area contributed by atoms with Crippen LogP contribution in [0, 0.1) is 28.8 Å². The van der Waals surface area contributed by atoms with E-state index in [0.29, 0.717) is 33.7 Å². The Bertz CT molecular complexity index is 2010. The van der Waals surface area contributed by atoms with E-state index in [-0.39, 0.29) is 41.2 Å². The fourth-order valence-electron chi connectivity index (χ4n) is 5.01. The van der Waals surface area contributed by atoms with Crippen molar-refractivity contribution in [3.63, 3.8) is 0 Å². The summed E-state index contributed by atoms with van der Waals surface area (Å²) in [5.74, 6) is -4.07. The SMILES string of the molecule is N#Cc1ccc(Cl)c(-c2cc3c(c4c2CCO4)c(=O)n(Cc2ncccn2)c(=O)n3Cc2cc(F)c(F)c(F)c2)c1. The van der Waals surface area contributed by atoms with Gasteiger partial charge >= 0.3 is 5.69 Å². The molecule has 3 aromatic carbocycles. The average Bonchev–Trinajstić information content (AvgIpc) is 3.46. The van der Waals surface area contributed by atoms with E-state index in [1.165, 1.54) is 12.4 Å². The Morgan fingerprint density at radius 2 is 1.71 bits per heavy atom. The maximum absolute atomic E-state index is 14.1. The number of rotatable bonds is 5. The lowest BCUT2D eigenvalue weighted by atomic mass is 9.94. The molecule has 1 aliphatic rings. The molecule has 5 aromatic rings. The third-order valence-corrected chi connectivity index (χ3v) is 7.19. The second-order valence-corrected chi connectivity index (χ2v) is 9.74. The highest BCUT2D eigenvalue weighted by atomic mass is 35.5. The van der Waals surface area contributed by atoms with E-state index >= 15 is 0 Å². The molecule has 12 heteroatoms. The summed E-state index contributed by atoms with van der Waals surface area (Å²) in [5, 5.41) is 9.84. The molecule has 204 valence electrons. The normalized spacial score (nSPS) is 12.3. The molecule has 3 heterocycles. The summed E-state index contributed by atoms with van der Waals surface area (Å²) in [6, 6.07) is 11.5. The highest BCUT2D eigenvalue weighted by Gasteiger charge is 2.28. The van der Waals surface area contributed by atoms with Crippen LogP contribution < -0.4 is 16.0 Å². The third kappa shape index (κ3) is 4.52. The van der Waals surface area contributed by atoms with Crippen LogP contribution >= 0.6 is 11.6 Å². The Labute approximate surface area is 234 Å². The Morgan fingerprint density at radius 1 is 0.976 bits per heavy atom. The molecule has 0 atom stereocenters. The molecule has 0 N–H and O–H groups in total. The average molecular weight is 576 g/mol.